The Morgan fingerprint density at radius 1 is 1.30 bits per heavy atom. The molecular weight excluding hydrogens is 274 g/mol. The summed E-state index contributed by atoms with van der Waals surface area (Å²) in [6, 6.07) is 0. The molecule has 2 fully saturated rings. The molecule has 0 heterocycles. The quantitative estimate of drug-likeness (QED) is 0.760. The number of allylic oxidation sites excluding steroid dienone is 2. The molecule has 0 aromatic rings. The second-order valence-electron chi connectivity index (χ2n) is 6.30. The van der Waals surface area contributed by atoms with Gasteiger partial charge in [-0.1, -0.05) is 18.6 Å². The van der Waals surface area contributed by atoms with E-state index in [0.717, 1.165) is 19.3 Å². The third-order valence-electron chi connectivity index (χ3n) is 5.33. The molecule has 20 heavy (non-hydrogen) atoms. The minimum absolute atomic E-state index is 0.0477. The van der Waals surface area contributed by atoms with E-state index in [1.807, 2.05) is 23.9 Å². The normalized spacial score (nSPS) is 36.6. The highest BCUT2D eigenvalue weighted by atomic mass is 32.2. The number of thioether (sulfide) groups is 1. The van der Waals surface area contributed by atoms with E-state index < -0.39 is 11.9 Å². The number of rotatable bonds is 5. The second-order valence-corrected chi connectivity index (χ2v) is 7.57. The maximum absolute atomic E-state index is 12.4. The van der Waals surface area contributed by atoms with E-state index in [4.69, 9.17) is 0 Å². The smallest absolute Gasteiger partial charge is 0.307 e. The van der Waals surface area contributed by atoms with Gasteiger partial charge in [-0.3, -0.25) is 9.59 Å². The number of aliphatic carboxylic acids is 1. The number of hydrogen-bond acceptors (Lipinski definition) is 3. The van der Waals surface area contributed by atoms with E-state index in [2.05, 4.69) is 11.6 Å². The zero-order valence-electron chi connectivity index (χ0n) is 11.7. The number of hydrogen-bond donors (Lipinski definition) is 2. The summed E-state index contributed by atoms with van der Waals surface area (Å²) in [6.45, 7) is 0.678. The monoisotopic (exact) mass is 295 g/mol. The summed E-state index contributed by atoms with van der Waals surface area (Å²) in [5.74, 6) is -1.63. The minimum Gasteiger partial charge on any atom is -0.481 e. The number of carboxylic acids is 1. The van der Waals surface area contributed by atoms with Crippen LogP contribution in [0.25, 0.3) is 0 Å². The van der Waals surface area contributed by atoms with Crippen LogP contribution in [0.3, 0.4) is 0 Å². The maximum atomic E-state index is 12.4. The van der Waals surface area contributed by atoms with Gasteiger partial charge in [0.2, 0.25) is 5.91 Å². The SMILES string of the molecule is CSC1(CNC(=O)C2C3C=CC(C3)C2C(=O)O)CCC1. The van der Waals surface area contributed by atoms with Crippen LogP contribution in [0.15, 0.2) is 12.2 Å². The average Bonchev–Trinajstić information content (AvgIpc) is 2.97. The summed E-state index contributed by atoms with van der Waals surface area (Å²) < 4.78 is 0.196. The Bertz CT molecular complexity index is 453. The molecule has 2 saturated carbocycles. The zero-order chi connectivity index (χ0) is 14.3. The zero-order valence-corrected chi connectivity index (χ0v) is 12.5. The summed E-state index contributed by atoms with van der Waals surface area (Å²) in [4.78, 5) is 23.8. The first kappa shape index (κ1) is 14.0. The third-order valence-corrected chi connectivity index (χ3v) is 6.75. The molecule has 0 saturated heterocycles. The predicted molar refractivity (Wildman–Crippen MR) is 78.5 cm³/mol. The lowest BCUT2D eigenvalue weighted by atomic mass is 9.81. The van der Waals surface area contributed by atoms with Crippen LogP contribution in [0.1, 0.15) is 25.7 Å². The Kier molecular flexibility index (Phi) is 3.56. The number of fused-ring (bicyclic) bond motifs is 2. The van der Waals surface area contributed by atoms with Crippen molar-refractivity contribution in [3.63, 3.8) is 0 Å². The highest BCUT2D eigenvalue weighted by molar-refractivity contribution is 8.00. The molecule has 0 spiro atoms. The van der Waals surface area contributed by atoms with Crippen molar-refractivity contribution in [3.05, 3.63) is 12.2 Å². The molecule has 0 aromatic carbocycles. The van der Waals surface area contributed by atoms with Crippen molar-refractivity contribution in [2.45, 2.75) is 30.4 Å². The fourth-order valence-corrected chi connectivity index (χ4v) is 4.82. The van der Waals surface area contributed by atoms with Gasteiger partial charge in [-0.15, -0.1) is 0 Å². The van der Waals surface area contributed by atoms with Crippen LogP contribution in [-0.2, 0) is 9.59 Å². The standard InChI is InChI=1S/C15H21NO3S/c1-20-15(5-2-6-15)8-16-13(17)11-9-3-4-10(7-9)12(11)14(18)19/h3-4,9-12H,2,5-8H2,1H3,(H,16,17)(H,18,19). The van der Waals surface area contributed by atoms with Crippen molar-refractivity contribution >= 4 is 23.6 Å². The Morgan fingerprint density at radius 3 is 2.45 bits per heavy atom. The van der Waals surface area contributed by atoms with Crippen LogP contribution in [0.2, 0.25) is 0 Å². The number of carbonyl (C=O) groups excluding carboxylic acids is 1. The summed E-state index contributed by atoms with van der Waals surface area (Å²) in [5.41, 5.74) is 0. The lowest BCUT2D eigenvalue weighted by Crippen LogP contribution is -2.48. The largest absolute Gasteiger partial charge is 0.481 e. The Labute approximate surface area is 123 Å². The molecule has 2 bridgehead atoms. The number of carbonyl (C=O) groups is 2. The van der Waals surface area contributed by atoms with E-state index >= 15 is 0 Å². The molecule has 0 aromatic heterocycles. The third kappa shape index (κ3) is 2.16. The van der Waals surface area contributed by atoms with E-state index in [-0.39, 0.29) is 28.4 Å². The van der Waals surface area contributed by atoms with Crippen molar-refractivity contribution in [3.8, 4) is 0 Å². The molecule has 3 rings (SSSR count). The summed E-state index contributed by atoms with van der Waals surface area (Å²) >= 11 is 1.82. The number of nitrogens with one attached hydrogen (secondary N) is 1. The van der Waals surface area contributed by atoms with Crippen LogP contribution >= 0.6 is 11.8 Å². The molecule has 1 amide bonds. The summed E-state index contributed by atoms with van der Waals surface area (Å²) in [6.07, 6.45) is 10.4. The number of amides is 1. The van der Waals surface area contributed by atoms with Crippen LogP contribution in [0, 0.1) is 23.7 Å². The van der Waals surface area contributed by atoms with Gasteiger partial charge in [-0.05, 0) is 37.4 Å². The minimum atomic E-state index is -0.828. The average molecular weight is 295 g/mol. The van der Waals surface area contributed by atoms with Crippen LogP contribution in [0.4, 0.5) is 0 Å². The van der Waals surface area contributed by atoms with Gasteiger partial charge in [0.15, 0.2) is 0 Å². The van der Waals surface area contributed by atoms with Crippen molar-refractivity contribution < 1.29 is 14.7 Å². The van der Waals surface area contributed by atoms with Crippen molar-refractivity contribution in [2.24, 2.45) is 23.7 Å². The van der Waals surface area contributed by atoms with Gasteiger partial charge in [0.05, 0.1) is 11.8 Å². The summed E-state index contributed by atoms with van der Waals surface area (Å²) in [7, 11) is 0. The fourth-order valence-electron chi connectivity index (χ4n) is 3.91. The van der Waals surface area contributed by atoms with E-state index in [9.17, 15) is 14.7 Å². The molecule has 3 aliphatic carbocycles. The van der Waals surface area contributed by atoms with Crippen molar-refractivity contribution in [1.82, 2.24) is 5.32 Å². The highest BCUT2D eigenvalue weighted by Crippen LogP contribution is 2.48. The molecule has 3 aliphatic rings. The van der Waals surface area contributed by atoms with Gasteiger partial charge in [0.25, 0.3) is 0 Å². The first-order valence-electron chi connectivity index (χ1n) is 7.30. The first-order chi connectivity index (χ1) is 9.56. The Morgan fingerprint density at radius 2 is 1.95 bits per heavy atom. The maximum Gasteiger partial charge on any atom is 0.307 e. The van der Waals surface area contributed by atoms with Gasteiger partial charge in [0, 0.05) is 11.3 Å². The highest BCUT2D eigenvalue weighted by Gasteiger charge is 2.51. The van der Waals surface area contributed by atoms with E-state index in [1.54, 1.807) is 0 Å². The molecule has 4 nitrogen and oxygen atoms in total. The molecule has 2 N–H and O–H groups in total. The molecule has 5 heteroatoms. The molecule has 0 radical (unpaired) electrons. The van der Waals surface area contributed by atoms with Crippen molar-refractivity contribution in [2.75, 3.05) is 12.8 Å². The van der Waals surface area contributed by atoms with Gasteiger partial charge >= 0.3 is 5.97 Å². The molecule has 110 valence electrons. The second kappa shape index (κ2) is 5.10. The fraction of sp³-hybridized carbons (Fsp3) is 0.733. The van der Waals surface area contributed by atoms with Gasteiger partial charge < -0.3 is 10.4 Å². The lowest BCUT2D eigenvalue weighted by molar-refractivity contribution is -0.147. The summed E-state index contributed by atoms with van der Waals surface area (Å²) in [5, 5.41) is 12.4. The first-order valence-corrected chi connectivity index (χ1v) is 8.53. The molecular formula is C15H21NO3S. The molecule has 0 aliphatic heterocycles. The topological polar surface area (TPSA) is 66.4 Å². The van der Waals surface area contributed by atoms with Crippen LogP contribution in [0.5, 0.6) is 0 Å². The van der Waals surface area contributed by atoms with Gasteiger partial charge in [0.1, 0.15) is 0 Å². The predicted octanol–water partition coefficient (Wildman–Crippen LogP) is 1.91. The molecule has 4 unspecified atom stereocenters. The van der Waals surface area contributed by atoms with Crippen LogP contribution < -0.4 is 5.32 Å². The Balaban J connectivity index is 1.64. The van der Waals surface area contributed by atoms with Gasteiger partial charge in [-0.2, -0.15) is 11.8 Å². The van der Waals surface area contributed by atoms with E-state index in [0.29, 0.717) is 6.54 Å². The van der Waals surface area contributed by atoms with Gasteiger partial charge in [-0.25, -0.2) is 0 Å². The van der Waals surface area contributed by atoms with Crippen molar-refractivity contribution in [1.29, 1.82) is 0 Å². The molecule has 4 atom stereocenters. The number of carboxylic acid groups (broad SMARTS) is 1. The van der Waals surface area contributed by atoms with Crippen LogP contribution in [-0.4, -0.2) is 34.5 Å². The van der Waals surface area contributed by atoms with E-state index in [1.165, 1.54) is 6.42 Å². The lowest BCUT2D eigenvalue weighted by Gasteiger charge is -2.41. The Hall–Kier alpha value is -0.970.